The normalized spacial score (nSPS) is 10.4. The molecule has 1 aromatic heterocycles. The number of hydrogen-bond acceptors (Lipinski definition) is 3. The van der Waals surface area contributed by atoms with Gasteiger partial charge in [-0.15, -0.1) is 11.3 Å². The van der Waals surface area contributed by atoms with Crippen LogP contribution >= 0.6 is 39.5 Å². The Bertz CT molecular complexity index is 371. The van der Waals surface area contributed by atoms with Crippen LogP contribution in [-0.2, 0) is 11.3 Å². The second kappa shape index (κ2) is 8.85. The maximum Gasteiger partial charge on any atom is 0.168 e. The van der Waals surface area contributed by atoms with Gasteiger partial charge >= 0.3 is 0 Å². The number of thiocarbonyl (C=S) groups is 1. The third kappa shape index (κ3) is 6.13. The van der Waals surface area contributed by atoms with E-state index in [1.165, 1.54) is 5.56 Å². The molecule has 18 heavy (non-hydrogen) atoms. The van der Waals surface area contributed by atoms with E-state index in [0.717, 1.165) is 41.6 Å². The summed E-state index contributed by atoms with van der Waals surface area (Å²) >= 11 is 10.5. The molecule has 0 aromatic carbocycles. The molecule has 0 atom stereocenters. The summed E-state index contributed by atoms with van der Waals surface area (Å²) in [7, 11) is 2.00. The van der Waals surface area contributed by atoms with Gasteiger partial charge in [-0.05, 0) is 58.5 Å². The van der Waals surface area contributed by atoms with Crippen LogP contribution in [0, 0.1) is 0 Å². The first-order chi connectivity index (χ1) is 8.63. The van der Waals surface area contributed by atoms with Crippen molar-refractivity contribution in [1.82, 2.24) is 10.2 Å². The van der Waals surface area contributed by atoms with E-state index in [-0.39, 0.29) is 0 Å². The van der Waals surface area contributed by atoms with Crippen LogP contribution < -0.4 is 5.32 Å². The predicted octanol–water partition coefficient (Wildman–Crippen LogP) is 3.24. The molecule has 1 N–H and O–H groups in total. The van der Waals surface area contributed by atoms with Crippen molar-refractivity contribution in [3.63, 3.8) is 0 Å². The summed E-state index contributed by atoms with van der Waals surface area (Å²) in [4.78, 5) is 2.05. The molecule has 0 aliphatic heterocycles. The molecular weight excluding hydrogens is 332 g/mol. The van der Waals surface area contributed by atoms with Gasteiger partial charge in [-0.25, -0.2) is 0 Å². The third-order valence-electron chi connectivity index (χ3n) is 2.33. The third-order valence-corrected chi connectivity index (χ3v) is 4.34. The average molecular weight is 351 g/mol. The lowest BCUT2D eigenvalue weighted by molar-refractivity contribution is 0.145. The monoisotopic (exact) mass is 350 g/mol. The van der Waals surface area contributed by atoms with E-state index in [4.69, 9.17) is 17.0 Å². The highest BCUT2D eigenvalue weighted by Crippen LogP contribution is 2.21. The summed E-state index contributed by atoms with van der Waals surface area (Å²) in [5.74, 6) is 0. The summed E-state index contributed by atoms with van der Waals surface area (Å²) in [5, 5.41) is 6.16. The molecule has 0 unspecified atom stereocenters. The number of nitrogens with zero attached hydrogens (tertiary/aromatic N) is 1. The Hall–Kier alpha value is -0.170. The molecular formula is C12H19BrN2OS2. The standard InChI is InChI=1S/C12H19BrN2OS2/c1-3-16-6-4-5-14-12(17)15(2)8-10-7-11(13)18-9-10/h7,9H,3-6,8H2,1-2H3,(H,14,17). The van der Waals surface area contributed by atoms with Gasteiger partial charge < -0.3 is 15.0 Å². The molecule has 0 fully saturated rings. The second-order valence-electron chi connectivity index (χ2n) is 3.90. The van der Waals surface area contributed by atoms with Crippen LogP contribution in [0.3, 0.4) is 0 Å². The minimum atomic E-state index is 0.775. The molecule has 0 saturated heterocycles. The smallest absolute Gasteiger partial charge is 0.168 e. The van der Waals surface area contributed by atoms with Gasteiger partial charge in [0.1, 0.15) is 0 Å². The van der Waals surface area contributed by atoms with Gasteiger partial charge in [0.25, 0.3) is 0 Å². The Balaban J connectivity index is 2.20. The fraction of sp³-hybridized carbons (Fsp3) is 0.583. The number of thiophene rings is 1. The summed E-state index contributed by atoms with van der Waals surface area (Å²) in [5.41, 5.74) is 1.27. The number of halogens is 1. The molecule has 3 nitrogen and oxygen atoms in total. The first-order valence-electron chi connectivity index (χ1n) is 5.93. The molecule has 1 aromatic rings. The Morgan fingerprint density at radius 2 is 2.39 bits per heavy atom. The molecule has 0 saturated carbocycles. The quantitative estimate of drug-likeness (QED) is 0.602. The van der Waals surface area contributed by atoms with Crippen LogP contribution in [0.1, 0.15) is 18.9 Å². The fourth-order valence-corrected chi connectivity index (χ4v) is 2.79. The molecule has 0 radical (unpaired) electrons. The highest BCUT2D eigenvalue weighted by molar-refractivity contribution is 9.11. The SMILES string of the molecule is CCOCCCNC(=S)N(C)Cc1csc(Br)c1. The molecule has 1 heterocycles. The van der Waals surface area contributed by atoms with E-state index in [9.17, 15) is 0 Å². The van der Waals surface area contributed by atoms with Gasteiger partial charge in [0.15, 0.2) is 5.11 Å². The van der Waals surface area contributed by atoms with Crippen molar-refractivity contribution < 1.29 is 4.74 Å². The van der Waals surface area contributed by atoms with Crippen molar-refractivity contribution in [2.45, 2.75) is 19.9 Å². The fourth-order valence-electron chi connectivity index (χ4n) is 1.42. The number of hydrogen-bond donors (Lipinski definition) is 1. The maximum absolute atomic E-state index is 5.33. The van der Waals surface area contributed by atoms with E-state index in [0.29, 0.717) is 0 Å². The van der Waals surface area contributed by atoms with E-state index in [2.05, 4.69) is 32.7 Å². The summed E-state index contributed by atoms with van der Waals surface area (Å²) in [6.07, 6.45) is 0.978. The Kier molecular flexibility index (Phi) is 7.81. The molecule has 0 spiro atoms. The van der Waals surface area contributed by atoms with Crippen molar-refractivity contribution >= 4 is 44.6 Å². The average Bonchev–Trinajstić information content (AvgIpc) is 2.74. The van der Waals surface area contributed by atoms with E-state index >= 15 is 0 Å². The predicted molar refractivity (Wildman–Crippen MR) is 85.2 cm³/mol. The molecule has 0 amide bonds. The minimum Gasteiger partial charge on any atom is -0.382 e. The van der Waals surface area contributed by atoms with Gasteiger partial charge in [-0.3, -0.25) is 0 Å². The van der Waals surface area contributed by atoms with Crippen molar-refractivity contribution in [1.29, 1.82) is 0 Å². The summed E-state index contributed by atoms with van der Waals surface area (Å²) in [6.45, 7) is 5.26. The number of ether oxygens (including phenoxy) is 1. The van der Waals surface area contributed by atoms with Crippen molar-refractivity contribution in [3.8, 4) is 0 Å². The van der Waals surface area contributed by atoms with Crippen LogP contribution in [0.25, 0.3) is 0 Å². The highest BCUT2D eigenvalue weighted by Gasteiger charge is 2.05. The molecule has 102 valence electrons. The zero-order chi connectivity index (χ0) is 13.4. The zero-order valence-corrected chi connectivity index (χ0v) is 14.0. The van der Waals surface area contributed by atoms with Gasteiger partial charge in [0, 0.05) is 33.4 Å². The van der Waals surface area contributed by atoms with Gasteiger partial charge in [0.05, 0.1) is 3.79 Å². The number of nitrogens with one attached hydrogen (secondary N) is 1. The van der Waals surface area contributed by atoms with Crippen LogP contribution in [0.5, 0.6) is 0 Å². The molecule has 0 bridgehead atoms. The van der Waals surface area contributed by atoms with Gasteiger partial charge in [-0.2, -0.15) is 0 Å². The Labute approximate surface area is 127 Å². The van der Waals surface area contributed by atoms with Crippen LogP contribution in [0.4, 0.5) is 0 Å². The van der Waals surface area contributed by atoms with Crippen LogP contribution in [-0.4, -0.2) is 36.8 Å². The first kappa shape index (κ1) is 15.9. The Morgan fingerprint density at radius 1 is 1.61 bits per heavy atom. The first-order valence-corrected chi connectivity index (χ1v) is 8.01. The lowest BCUT2D eigenvalue weighted by Gasteiger charge is -2.20. The largest absolute Gasteiger partial charge is 0.382 e. The zero-order valence-electron chi connectivity index (χ0n) is 10.7. The van der Waals surface area contributed by atoms with Gasteiger partial charge in [0.2, 0.25) is 0 Å². The van der Waals surface area contributed by atoms with E-state index in [1.54, 1.807) is 11.3 Å². The number of rotatable bonds is 7. The van der Waals surface area contributed by atoms with Crippen LogP contribution in [0.15, 0.2) is 15.2 Å². The van der Waals surface area contributed by atoms with Gasteiger partial charge in [-0.1, -0.05) is 0 Å². The minimum absolute atomic E-state index is 0.775. The molecule has 1 rings (SSSR count). The molecule has 6 heteroatoms. The molecule has 0 aliphatic rings. The lowest BCUT2D eigenvalue weighted by Crippen LogP contribution is -2.37. The molecule has 0 aliphatic carbocycles. The van der Waals surface area contributed by atoms with E-state index in [1.807, 2.05) is 18.9 Å². The van der Waals surface area contributed by atoms with Crippen molar-refractivity contribution in [3.05, 3.63) is 20.8 Å². The van der Waals surface area contributed by atoms with Crippen molar-refractivity contribution in [2.75, 3.05) is 26.8 Å². The summed E-state index contributed by atoms with van der Waals surface area (Å²) < 4.78 is 6.43. The Morgan fingerprint density at radius 3 is 3.00 bits per heavy atom. The lowest BCUT2D eigenvalue weighted by atomic mass is 10.3. The van der Waals surface area contributed by atoms with Crippen molar-refractivity contribution in [2.24, 2.45) is 0 Å². The maximum atomic E-state index is 5.33. The topological polar surface area (TPSA) is 24.5 Å². The van der Waals surface area contributed by atoms with E-state index < -0.39 is 0 Å². The summed E-state index contributed by atoms with van der Waals surface area (Å²) in [6, 6.07) is 2.12. The second-order valence-corrected chi connectivity index (χ2v) is 6.57. The van der Waals surface area contributed by atoms with Crippen LogP contribution in [0.2, 0.25) is 0 Å². The highest BCUT2D eigenvalue weighted by atomic mass is 79.9.